The van der Waals surface area contributed by atoms with Gasteiger partial charge in [0, 0.05) is 4.47 Å². The molecule has 2 aromatic rings. The largest absolute Gasteiger partial charge is 0.271 e. The van der Waals surface area contributed by atoms with E-state index >= 15 is 0 Å². The lowest BCUT2D eigenvalue weighted by Crippen LogP contribution is -2.30. The quantitative estimate of drug-likeness (QED) is 0.655. The molecule has 0 fully saturated rings. The molecule has 0 radical (unpaired) electrons. The summed E-state index contributed by atoms with van der Waals surface area (Å²) in [4.78, 5) is 0. The molecule has 2 nitrogen and oxygen atoms in total. The molecule has 2 aromatic carbocycles. The van der Waals surface area contributed by atoms with Crippen molar-refractivity contribution in [2.24, 2.45) is 5.84 Å². The molecule has 0 aliphatic heterocycles. The highest BCUT2D eigenvalue weighted by molar-refractivity contribution is 9.10. The number of halogens is 2. The first-order valence-electron chi connectivity index (χ1n) is 6.48. The van der Waals surface area contributed by atoms with Gasteiger partial charge in [0.25, 0.3) is 0 Å². The lowest BCUT2D eigenvalue weighted by molar-refractivity contribution is 0.527. The summed E-state index contributed by atoms with van der Waals surface area (Å²) in [6.07, 6.45) is 0.514. The van der Waals surface area contributed by atoms with Gasteiger partial charge < -0.3 is 0 Å². The van der Waals surface area contributed by atoms with Gasteiger partial charge in [0.1, 0.15) is 5.82 Å². The highest BCUT2D eigenvalue weighted by atomic mass is 79.9. The zero-order valence-corrected chi connectivity index (χ0v) is 13.2. The van der Waals surface area contributed by atoms with E-state index in [-0.39, 0.29) is 11.9 Å². The first-order chi connectivity index (χ1) is 9.51. The van der Waals surface area contributed by atoms with Crippen LogP contribution in [0.5, 0.6) is 0 Å². The summed E-state index contributed by atoms with van der Waals surface area (Å²) in [6, 6.07) is 11.2. The summed E-state index contributed by atoms with van der Waals surface area (Å²) < 4.78 is 14.7. The minimum absolute atomic E-state index is 0.106. The van der Waals surface area contributed by atoms with Crippen LogP contribution in [-0.4, -0.2) is 0 Å². The van der Waals surface area contributed by atoms with Crippen LogP contribution in [0.4, 0.5) is 4.39 Å². The first kappa shape index (κ1) is 15.2. The number of hydrazine groups is 1. The van der Waals surface area contributed by atoms with Crippen molar-refractivity contribution in [3.8, 4) is 0 Å². The van der Waals surface area contributed by atoms with Crippen LogP contribution in [0, 0.1) is 19.7 Å². The average Bonchev–Trinajstić information content (AvgIpc) is 2.41. The first-order valence-corrected chi connectivity index (χ1v) is 7.27. The monoisotopic (exact) mass is 336 g/mol. The number of hydrogen-bond donors (Lipinski definition) is 2. The van der Waals surface area contributed by atoms with Gasteiger partial charge >= 0.3 is 0 Å². The Kier molecular flexibility index (Phi) is 4.91. The third-order valence-corrected chi connectivity index (χ3v) is 3.94. The molecule has 3 N–H and O–H groups in total. The van der Waals surface area contributed by atoms with Crippen molar-refractivity contribution in [1.82, 2.24) is 5.43 Å². The van der Waals surface area contributed by atoms with Crippen molar-refractivity contribution in [2.75, 3.05) is 0 Å². The van der Waals surface area contributed by atoms with Gasteiger partial charge in [-0.15, -0.1) is 0 Å². The second-order valence-corrected chi connectivity index (χ2v) is 5.93. The van der Waals surface area contributed by atoms with E-state index in [9.17, 15) is 4.39 Å². The van der Waals surface area contributed by atoms with Gasteiger partial charge in [0.2, 0.25) is 0 Å². The molecule has 2 rings (SSSR count). The predicted molar refractivity (Wildman–Crippen MR) is 83.8 cm³/mol. The van der Waals surface area contributed by atoms with Crippen molar-refractivity contribution in [3.05, 3.63) is 68.9 Å². The SMILES string of the molecule is Cc1ccc(C)c(C(Cc2ccc(Br)cc2F)NN)c1. The van der Waals surface area contributed by atoms with Crippen LogP contribution >= 0.6 is 15.9 Å². The van der Waals surface area contributed by atoms with Gasteiger partial charge in [-0.2, -0.15) is 0 Å². The molecule has 0 aliphatic carbocycles. The van der Waals surface area contributed by atoms with E-state index in [0.29, 0.717) is 12.0 Å². The fraction of sp³-hybridized carbons (Fsp3) is 0.250. The van der Waals surface area contributed by atoms with Crippen LogP contribution in [0.25, 0.3) is 0 Å². The third-order valence-electron chi connectivity index (χ3n) is 3.45. The number of benzene rings is 2. The minimum atomic E-state index is -0.218. The molecule has 0 heterocycles. The molecule has 0 aliphatic rings. The van der Waals surface area contributed by atoms with E-state index in [2.05, 4.69) is 39.6 Å². The fourth-order valence-corrected chi connectivity index (χ4v) is 2.63. The van der Waals surface area contributed by atoms with Crippen molar-refractivity contribution in [1.29, 1.82) is 0 Å². The topological polar surface area (TPSA) is 38.0 Å². The lowest BCUT2D eigenvalue weighted by atomic mass is 9.94. The molecule has 0 spiro atoms. The molecule has 0 amide bonds. The van der Waals surface area contributed by atoms with E-state index in [1.54, 1.807) is 6.07 Å². The Morgan fingerprint density at radius 2 is 1.95 bits per heavy atom. The van der Waals surface area contributed by atoms with Crippen LogP contribution < -0.4 is 11.3 Å². The normalized spacial score (nSPS) is 12.4. The van der Waals surface area contributed by atoms with Crippen LogP contribution in [0.3, 0.4) is 0 Å². The van der Waals surface area contributed by atoms with Crippen LogP contribution in [0.1, 0.15) is 28.3 Å². The van der Waals surface area contributed by atoms with Gasteiger partial charge in [-0.1, -0.05) is 45.8 Å². The second kappa shape index (κ2) is 6.48. The molecule has 106 valence electrons. The van der Waals surface area contributed by atoms with E-state index in [4.69, 9.17) is 5.84 Å². The number of hydrogen-bond acceptors (Lipinski definition) is 2. The van der Waals surface area contributed by atoms with E-state index < -0.39 is 0 Å². The van der Waals surface area contributed by atoms with Crippen LogP contribution in [-0.2, 0) is 6.42 Å². The van der Waals surface area contributed by atoms with E-state index in [1.165, 1.54) is 11.6 Å². The molecular weight excluding hydrogens is 319 g/mol. The summed E-state index contributed by atoms with van der Waals surface area (Å²) in [7, 11) is 0. The fourth-order valence-electron chi connectivity index (χ4n) is 2.30. The third kappa shape index (κ3) is 3.45. The van der Waals surface area contributed by atoms with Gasteiger partial charge in [-0.25, -0.2) is 4.39 Å². The predicted octanol–water partition coefficient (Wildman–Crippen LogP) is 3.95. The maximum atomic E-state index is 13.9. The maximum Gasteiger partial charge on any atom is 0.127 e. The van der Waals surface area contributed by atoms with Crippen molar-refractivity contribution in [2.45, 2.75) is 26.3 Å². The van der Waals surface area contributed by atoms with Gasteiger partial charge in [0.15, 0.2) is 0 Å². The highest BCUT2D eigenvalue weighted by Gasteiger charge is 2.15. The summed E-state index contributed by atoms with van der Waals surface area (Å²) in [5.41, 5.74) is 6.87. The second-order valence-electron chi connectivity index (χ2n) is 5.02. The Balaban J connectivity index is 2.31. The van der Waals surface area contributed by atoms with Gasteiger partial charge in [0.05, 0.1) is 6.04 Å². The zero-order chi connectivity index (χ0) is 14.7. The van der Waals surface area contributed by atoms with Crippen LogP contribution in [0.15, 0.2) is 40.9 Å². The lowest BCUT2D eigenvalue weighted by Gasteiger charge is -2.19. The highest BCUT2D eigenvalue weighted by Crippen LogP contribution is 2.24. The van der Waals surface area contributed by atoms with Gasteiger partial charge in [-0.05, 0) is 49.1 Å². The Labute approximate surface area is 127 Å². The summed E-state index contributed by atoms with van der Waals surface area (Å²) in [6.45, 7) is 4.08. The Hall–Kier alpha value is -1.23. The standard InChI is InChI=1S/C16H18BrFN2/c1-10-3-4-11(2)14(7-10)16(20-19)8-12-5-6-13(17)9-15(12)18/h3-7,9,16,20H,8,19H2,1-2H3. The minimum Gasteiger partial charge on any atom is -0.271 e. The number of aryl methyl sites for hydroxylation is 2. The molecule has 0 bridgehead atoms. The zero-order valence-electron chi connectivity index (χ0n) is 11.6. The maximum absolute atomic E-state index is 13.9. The van der Waals surface area contributed by atoms with E-state index in [0.717, 1.165) is 15.6 Å². The summed E-state index contributed by atoms with van der Waals surface area (Å²) in [5.74, 6) is 5.45. The Morgan fingerprint density at radius 3 is 2.60 bits per heavy atom. The smallest absolute Gasteiger partial charge is 0.127 e. The van der Waals surface area contributed by atoms with E-state index in [1.807, 2.05) is 19.9 Å². The molecule has 4 heteroatoms. The van der Waals surface area contributed by atoms with Crippen LogP contribution in [0.2, 0.25) is 0 Å². The molecule has 0 saturated carbocycles. The van der Waals surface area contributed by atoms with Crippen molar-refractivity contribution in [3.63, 3.8) is 0 Å². The number of nitrogens with one attached hydrogen (secondary N) is 1. The van der Waals surface area contributed by atoms with Gasteiger partial charge in [-0.3, -0.25) is 11.3 Å². The average molecular weight is 337 g/mol. The van der Waals surface area contributed by atoms with Crippen molar-refractivity contribution >= 4 is 15.9 Å². The molecular formula is C16H18BrFN2. The molecule has 20 heavy (non-hydrogen) atoms. The molecule has 1 unspecified atom stereocenters. The molecule has 1 atom stereocenters. The summed E-state index contributed by atoms with van der Waals surface area (Å²) >= 11 is 3.27. The summed E-state index contributed by atoms with van der Waals surface area (Å²) in [5, 5.41) is 0. The Morgan fingerprint density at radius 1 is 1.20 bits per heavy atom. The van der Waals surface area contributed by atoms with Crippen molar-refractivity contribution < 1.29 is 4.39 Å². The number of nitrogens with two attached hydrogens (primary N) is 1. The Bertz CT molecular complexity index is 613. The molecule has 0 aromatic heterocycles. The molecule has 0 saturated heterocycles. The number of rotatable bonds is 4.